The van der Waals surface area contributed by atoms with Crippen LogP contribution in [0.4, 0.5) is 17.6 Å². The number of rotatable bonds is 4. The fraction of sp³-hybridized carbons (Fsp3) is 0.318. The fourth-order valence-corrected chi connectivity index (χ4v) is 3.99. The van der Waals surface area contributed by atoms with Crippen LogP contribution in [0.5, 0.6) is 0 Å². The molecule has 4 rings (SSSR count). The number of nitrogens with one attached hydrogen (secondary N) is 1. The molecule has 0 bridgehead atoms. The first-order chi connectivity index (χ1) is 14.6. The third kappa shape index (κ3) is 3.63. The molecule has 0 radical (unpaired) electrons. The smallest absolute Gasteiger partial charge is 0.381 e. The second-order valence-corrected chi connectivity index (χ2v) is 7.84. The van der Waals surface area contributed by atoms with Gasteiger partial charge in [0.2, 0.25) is 0 Å². The Morgan fingerprint density at radius 3 is 2.32 bits per heavy atom. The van der Waals surface area contributed by atoms with Crippen LogP contribution < -0.4 is 5.43 Å². The first-order valence-corrected chi connectivity index (χ1v) is 9.74. The molecule has 0 spiro atoms. The Labute approximate surface area is 175 Å². The summed E-state index contributed by atoms with van der Waals surface area (Å²) in [5, 5.41) is 18.9. The molecule has 2 N–H and O–H groups in total. The molecular formula is C22H20F4N4O. The molecule has 5 nitrogen and oxygen atoms in total. The van der Waals surface area contributed by atoms with E-state index in [1.807, 2.05) is 0 Å². The standard InChI is InChI=1S/C22H20F4N4O/c1-12(2)21(31,19-11-27-30-29-19)18-10-8-16-17(28-18)9-7-15(20(16)22(24,25)26)13-3-5-14(23)6-4-13/h3-10,12,19,31H,11H2,1-2H3,(H,27,29). The molecule has 31 heavy (non-hydrogen) atoms. The van der Waals surface area contributed by atoms with Crippen molar-refractivity contribution in [2.24, 2.45) is 16.3 Å². The SMILES string of the molecule is CC(C)C(O)(c1ccc2c(C(F)(F)F)c(-c3ccc(F)cc3)ccc2n1)C1CN=NN1. The predicted molar refractivity (Wildman–Crippen MR) is 108 cm³/mol. The van der Waals surface area contributed by atoms with Gasteiger partial charge in [-0.05, 0) is 41.3 Å². The molecule has 0 fully saturated rings. The van der Waals surface area contributed by atoms with Gasteiger partial charge in [-0.2, -0.15) is 18.3 Å². The van der Waals surface area contributed by atoms with Crippen LogP contribution in [0.15, 0.2) is 58.9 Å². The van der Waals surface area contributed by atoms with Gasteiger partial charge in [0.25, 0.3) is 0 Å². The lowest BCUT2D eigenvalue weighted by atomic mass is 9.80. The molecular weight excluding hydrogens is 412 g/mol. The van der Waals surface area contributed by atoms with Crippen LogP contribution in [0.25, 0.3) is 22.0 Å². The summed E-state index contributed by atoms with van der Waals surface area (Å²) in [6.45, 7) is 3.82. The van der Waals surface area contributed by atoms with E-state index in [0.717, 1.165) is 12.1 Å². The third-order valence-corrected chi connectivity index (χ3v) is 5.68. The van der Waals surface area contributed by atoms with E-state index in [1.54, 1.807) is 13.8 Å². The highest BCUT2D eigenvalue weighted by atomic mass is 19.4. The molecule has 2 unspecified atom stereocenters. The lowest BCUT2D eigenvalue weighted by Crippen LogP contribution is -2.50. The van der Waals surface area contributed by atoms with E-state index in [1.165, 1.54) is 36.4 Å². The summed E-state index contributed by atoms with van der Waals surface area (Å²) in [6, 6.07) is 9.84. The van der Waals surface area contributed by atoms with Crippen molar-refractivity contribution in [3.8, 4) is 11.1 Å². The molecule has 2 aromatic carbocycles. The molecule has 1 aliphatic rings. The summed E-state index contributed by atoms with van der Waals surface area (Å²) in [7, 11) is 0. The summed E-state index contributed by atoms with van der Waals surface area (Å²) in [4.78, 5) is 4.40. The van der Waals surface area contributed by atoms with E-state index in [2.05, 4.69) is 20.7 Å². The lowest BCUT2D eigenvalue weighted by Gasteiger charge is -2.36. The van der Waals surface area contributed by atoms with Gasteiger partial charge in [-0.15, -0.1) is 0 Å². The van der Waals surface area contributed by atoms with Crippen molar-refractivity contribution >= 4 is 10.9 Å². The summed E-state index contributed by atoms with van der Waals surface area (Å²) < 4.78 is 55.5. The number of aromatic nitrogens is 1. The van der Waals surface area contributed by atoms with Crippen LogP contribution in [0, 0.1) is 11.7 Å². The van der Waals surface area contributed by atoms with Gasteiger partial charge in [0, 0.05) is 5.39 Å². The highest BCUT2D eigenvalue weighted by Crippen LogP contribution is 2.42. The Morgan fingerprint density at radius 2 is 1.74 bits per heavy atom. The number of nitrogens with zero attached hydrogens (tertiary/aromatic N) is 3. The Kier molecular flexibility index (Phi) is 5.17. The molecule has 3 aromatic rings. The number of alkyl halides is 3. The number of hydrogen-bond acceptors (Lipinski definition) is 5. The van der Waals surface area contributed by atoms with Gasteiger partial charge in [-0.25, -0.2) is 9.37 Å². The molecule has 1 aliphatic heterocycles. The molecule has 162 valence electrons. The van der Waals surface area contributed by atoms with Crippen LogP contribution in [0.1, 0.15) is 25.1 Å². The maximum Gasteiger partial charge on any atom is 0.417 e. The normalized spacial score (nSPS) is 18.4. The number of hydrogen-bond donors (Lipinski definition) is 2. The number of aliphatic hydroxyl groups is 1. The van der Waals surface area contributed by atoms with Crippen LogP contribution in [-0.4, -0.2) is 22.7 Å². The maximum absolute atomic E-state index is 14.1. The van der Waals surface area contributed by atoms with Gasteiger partial charge in [0.05, 0.1) is 23.3 Å². The minimum atomic E-state index is -4.66. The highest BCUT2D eigenvalue weighted by molar-refractivity contribution is 5.90. The molecule has 0 saturated carbocycles. The molecule has 1 aromatic heterocycles. The Balaban J connectivity index is 1.90. The van der Waals surface area contributed by atoms with Crippen molar-refractivity contribution < 1.29 is 22.7 Å². The van der Waals surface area contributed by atoms with Crippen molar-refractivity contribution in [2.45, 2.75) is 31.7 Å². The van der Waals surface area contributed by atoms with Crippen molar-refractivity contribution in [3.05, 3.63) is 65.6 Å². The Morgan fingerprint density at radius 1 is 1.03 bits per heavy atom. The first-order valence-electron chi connectivity index (χ1n) is 9.74. The average molecular weight is 432 g/mol. The molecule has 9 heteroatoms. The molecule has 2 heterocycles. The van der Waals surface area contributed by atoms with Gasteiger partial charge < -0.3 is 5.11 Å². The number of fused-ring (bicyclic) bond motifs is 1. The van der Waals surface area contributed by atoms with E-state index in [4.69, 9.17) is 0 Å². The third-order valence-electron chi connectivity index (χ3n) is 5.68. The highest BCUT2D eigenvalue weighted by Gasteiger charge is 2.45. The minimum Gasteiger partial charge on any atom is -0.381 e. The molecule has 0 amide bonds. The van der Waals surface area contributed by atoms with E-state index in [9.17, 15) is 22.7 Å². The molecule has 0 saturated heterocycles. The number of benzene rings is 2. The first kappa shape index (κ1) is 21.2. The van der Waals surface area contributed by atoms with Crippen molar-refractivity contribution in [1.29, 1.82) is 0 Å². The zero-order valence-corrected chi connectivity index (χ0v) is 16.8. The second-order valence-electron chi connectivity index (χ2n) is 7.84. The van der Waals surface area contributed by atoms with Crippen LogP contribution in [0.3, 0.4) is 0 Å². The second kappa shape index (κ2) is 7.56. The summed E-state index contributed by atoms with van der Waals surface area (Å²) >= 11 is 0. The molecule has 2 atom stereocenters. The van der Waals surface area contributed by atoms with Crippen LogP contribution in [-0.2, 0) is 11.8 Å². The van der Waals surface area contributed by atoms with Gasteiger partial charge in [-0.3, -0.25) is 5.43 Å². The maximum atomic E-state index is 14.1. The fourth-order valence-electron chi connectivity index (χ4n) is 3.99. The Hall–Kier alpha value is -3.07. The summed E-state index contributed by atoms with van der Waals surface area (Å²) in [6.07, 6.45) is -4.66. The van der Waals surface area contributed by atoms with Crippen molar-refractivity contribution in [1.82, 2.24) is 10.4 Å². The summed E-state index contributed by atoms with van der Waals surface area (Å²) in [5.74, 6) is -0.838. The van der Waals surface area contributed by atoms with E-state index >= 15 is 0 Å². The van der Waals surface area contributed by atoms with Crippen molar-refractivity contribution in [2.75, 3.05) is 6.54 Å². The zero-order chi connectivity index (χ0) is 22.4. The van der Waals surface area contributed by atoms with E-state index < -0.39 is 29.2 Å². The number of halogens is 4. The number of pyridine rings is 1. The molecule has 0 aliphatic carbocycles. The van der Waals surface area contributed by atoms with Crippen molar-refractivity contribution in [3.63, 3.8) is 0 Å². The van der Waals surface area contributed by atoms with E-state index in [0.29, 0.717) is 0 Å². The van der Waals surface area contributed by atoms with Crippen LogP contribution >= 0.6 is 0 Å². The zero-order valence-electron chi connectivity index (χ0n) is 16.8. The average Bonchev–Trinajstić information content (AvgIpc) is 3.27. The topological polar surface area (TPSA) is 69.9 Å². The van der Waals surface area contributed by atoms with E-state index in [-0.39, 0.29) is 40.2 Å². The quantitative estimate of drug-likeness (QED) is 0.554. The lowest BCUT2D eigenvalue weighted by molar-refractivity contribution is -0.135. The summed E-state index contributed by atoms with van der Waals surface area (Å²) in [5.41, 5.74) is 0.937. The van der Waals surface area contributed by atoms with Gasteiger partial charge >= 0.3 is 6.18 Å². The monoisotopic (exact) mass is 432 g/mol. The van der Waals surface area contributed by atoms with Crippen LogP contribution in [0.2, 0.25) is 0 Å². The largest absolute Gasteiger partial charge is 0.417 e. The van der Waals surface area contributed by atoms with Gasteiger partial charge in [0.1, 0.15) is 17.5 Å². The Bertz CT molecular complexity index is 1140. The van der Waals surface area contributed by atoms with Gasteiger partial charge in [-0.1, -0.05) is 43.3 Å². The minimum absolute atomic E-state index is 0.0660. The van der Waals surface area contributed by atoms with Gasteiger partial charge in [0.15, 0.2) is 0 Å². The predicted octanol–water partition coefficient (Wildman–Crippen LogP) is 5.24.